The topological polar surface area (TPSA) is 238 Å². The molecule has 0 spiro atoms. The zero-order chi connectivity index (χ0) is 51.6. The third-order valence-electron chi connectivity index (χ3n) is 13.6. The molecule has 0 saturated carbocycles. The zero-order valence-corrected chi connectivity index (χ0v) is 40.4. The van der Waals surface area contributed by atoms with Gasteiger partial charge in [0.2, 0.25) is 17.7 Å². The number of H-pyrrole nitrogens is 1. The van der Waals surface area contributed by atoms with E-state index in [1.54, 1.807) is 41.4 Å². The predicted octanol–water partition coefficient (Wildman–Crippen LogP) is 7.73. The molecule has 5 aromatic rings. The summed E-state index contributed by atoms with van der Waals surface area (Å²) < 4.78 is 44.8. The second-order valence-corrected chi connectivity index (χ2v) is 18.4. The lowest BCUT2D eigenvalue weighted by atomic mass is 9.91. The van der Waals surface area contributed by atoms with Gasteiger partial charge in [0.25, 0.3) is 11.8 Å². The first-order valence-corrected chi connectivity index (χ1v) is 24.6. The van der Waals surface area contributed by atoms with Crippen LogP contribution in [0.25, 0.3) is 28.2 Å². The van der Waals surface area contributed by atoms with Crippen molar-refractivity contribution in [3.05, 3.63) is 95.3 Å². The van der Waals surface area contributed by atoms with Crippen molar-refractivity contribution in [3.8, 4) is 17.0 Å². The molecule has 7 amide bonds. The number of halogens is 3. The standard InChI is InChI=1S/C52H58F3N11O7/c1-73-40-18-17-35(29-39(40)66-28-22-42(67)61-51(66)72)50(71)64-26-20-32(21-27-64)9-7-12-43(68)65-25-8-11-38(65)49(70)58-23-6-4-2-3-5-10-36-31-59-47(56)44-45(62-63-46(36)44)33-13-15-34(16-14-33)48(69)60-41-30-37(19-24-57-41)52(53,54)55/h5,10,13-19,24,29-32,38H,2-4,6-9,11-12,20-23,25-28H2,1H3,(H2,56,59)(H,58,70)(H,62,63)(H,57,60,69)(H,61,67,72)/b10-5+. The number of anilines is 3. The average Bonchev–Trinajstić information content (AvgIpc) is 4.07. The third kappa shape index (κ3) is 12.4. The van der Waals surface area contributed by atoms with E-state index in [0.29, 0.717) is 90.5 Å². The van der Waals surface area contributed by atoms with Gasteiger partial charge < -0.3 is 30.9 Å². The van der Waals surface area contributed by atoms with Gasteiger partial charge in [-0.05, 0) is 106 Å². The number of amides is 7. The third-order valence-corrected chi connectivity index (χ3v) is 13.6. The summed E-state index contributed by atoms with van der Waals surface area (Å²) in [6.45, 7) is 2.42. The summed E-state index contributed by atoms with van der Waals surface area (Å²) in [7, 11) is 1.49. The van der Waals surface area contributed by atoms with Gasteiger partial charge >= 0.3 is 12.2 Å². The quantitative estimate of drug-likeness (QED) is 0.0533. The van der Waals surface area contributed by atoms with Gasteiger partial charge in [-0.25, -0.2) is 14.8 Å². The summed E-state index contributed by atoms with van der Waals surface area (Å²) in [5.41, 5.74) is 9.06. The van der Waals surface area contributed by atoms with Gasteiger partial charge in [0.15, 0.2) is 0 Å². The Bertz CT molecular complexity index is 2880. The number of carbonyl (C=O) groups excluding carboxylic acids is 6. The monoisotopic (exact) mass is 1010 g/mol. The molecule has 6 N–H and O–H groups in total. The maximum absolute atomic E-state index is 13.5. The molecule has 384 valence electrons. The predicted molar refractivity (Wildman–Crippen MR) is 267 cm³/mol. The number of rotatable bonds is 18. The first-order chi connectivity index (χ1) is 35.2. The molecule has 3 aromatic heterocycles. The number of alkyl halides is 3. The number of carbonyl (C=O) groups is 6. The molecule has 3 aliphatic heterocycles. The maximum atomic E-state index is 13.5. The minimum absolute atomic E-state index is 0.00533. The average molecular weight is 1010 g/mol. The van der Waals surface area contributed by atoms with Gasteiger partial charge in [-0.2, -0.15) is 18.3 Å². The van der Waals surface area contributed by atoms with Crippen molar-refractivity contribution >= 4 is 69.9 Å². The van der Waals surface area contributed by atoms with Gasteiger partial charge in [0, 0.05) is 80.2 Å². The number of urea groups is 1. The Morgan fingerprint density at radius 2 is 1.70 bits per heavy atom. The number of pyridine rings is 2. The van der Waals surface area contributed by atoms with E-state index in [0.717, 1.165) is 75.3 Å². The number of nitrogen functional groups attached to an aromatic ring is 1. The summed E-state index contributed by atoms with van der Waals surface area (Å²) in [6.07, 6.45) is 10.4. The molecule has 3 fully saturated rings. The van der Waals surface area contributed by atoms with Crippen molar-refractivity contribution in [2.24, 2.45) is 5.92 Å². The van der Waals surface area contributed by atoms with Crippen LogP contribution >= 0.6 is 0 Å². The molecule has 0 aliphatic carbocycles. The van der Waals surface area contributed by atoms with E-state index in [2.05, 4.69) is 36.1 Å². The van der Waals surface area contributed by atoms with Crippen LogP contribution in [0.2, 0.25) is 0 Å². The van der Waals surface area contributed by atoms with Crippen LogP contribution in [0, 0.1) is 5.92 Å². The van der Waals surface area contributed by atoms with Crippen LogP contribution in [0.15, 0.2) is 73.1 Å². The number of nitrogens with zero attached hydrogens (tertiary/aromatic N) is 6. The molecule has 1 unspecified atom stereocenters. The number of likely N-dealkylation sites (tertiary alicyclic amines) is 2. The Balaban J connectivity index is 0.725. The molecule has 21 heteroatoms. The summed E-state index contributed by atoms with van der Waals surface area (Å²) in [5.74, 6) is -0.398. The fourth-order valence-corrected chi connectivity index (χ4v) is 9.61. The minimum Gasteiger partial charge on any atom is -0.495 e. The minimum atomic E-state index is -4.57. The molecule has 18 nitrogen and oxygen atoms in total. The fourth-order valence-electron chi connectivity index (χ4n) is 9.61. The zero-order valence-electron chi connectivity index (χ0n) is 40.4. The molecule has 8 rings (SSSR count). The van der Waals surface area contributed by atoms with Crippen LogP contribution < -0.4 is 31.3 Å². The largest absolute Gasteiger partial charge is 0.495 e. The number of nitrogens with one attached hydrogen (secondary N) is 4. The van der Waals surface area contributed by atoms with Gasteiger partial charge in [0.05, 0.1) is 29.4 Å². The Kier molecular flexibility index (Phi) is 16.3. The number of aromatic amines is 1. The van der Waals surface area contributed by atoms with E-state index in [4.69, 9.17) is 10.5 Å². The number of benzene rings is 2. The number of allylic oxidation sites excluding steroid dienone is 1. The Morgan fingerprint density at radius 3 is 2.45 bits per heavy atom. The van der Waals surface area contributed by atoms with E-state index in [1.165, 1.54) is 24.1 Å². The van der Waals surface area contributed by atoms with E-state index in [1.807, 2.05) is 17.1 Å². The number of piperidine rings is 1. The number of nitrogens with two attached hydrogens (primary N) is 1. The molecule has 3 aliphatic rings. The highest BCUT2D eigenvalue weighted by Crippen LogP contribution is 2.35. The summed E-state index contributed by atoms with van der Waals surface area (Å²) in [6, 6.07) is 12.0. The van der Waals surface area contributed by atoms with Crippen LogP contribution in [0.3, 0.4) is 0 Å². The lowest BCUT2D eigenvalue weighted by Crippen LogP contribution is -2.49. The van der Waals surface area contributed by atoms with Crippen molar-refractivity contribution in [1.82, 2.24) is 40.6 Å². The van der Waals surface area contributed by atoms with Crippen molar-refractivity contribution in [1.29, 1.82) is 0 Å². The van der Waals surface area contributed by atoms with E-state index in [-0.39, 0.29) is 53.8 Å². The molecule has 0 bridgehead atoms. The Hall–Kier alpha value is -7.84. The van der Waals surface area contributed by atoms with Crippen LogP contribution in [0.4, 0.5) is 35.3 Å². The molecular weight excluding hydrogens is 948 g/mol. The molecular formula is C52H58F3N11O7. The lowest BCUT2D eigenvalue weighted by Gasteiger charge is -2.33. The van der Waals surface area contributed by atoms with Crippen molar-refractivity contribution in [3.63, 3.8) is 0 Å². The van der Waals surface area contributed by atoms with E-state index < -0.39 is 29.7 Å². The lowest BCUT2D eigenvalue weighted by molar-refractivity contribution is -0.138. The van der Waals surface area contributed by atoms with Crippen LogP contribution in [-0.4, -0.2) is 111 Å². The van der Waals surface area contributed by atoms with Gasteiger partial charge in [-0.3, -0.25) is 39.3 Å². The van der Waals surface area contributed by atoms with Crippen molar-refractivity contribution in [2.75, 3.05) is 55.8 Å². The molecule has 3 saturated heterocycles. The number of methoxy groups -OCH3 is 1. The normalized spacial score (nSPS) is 16.5. The van der Waals surface area contributed by atoms with Gasteiger partial charge in [-0.1, -0.05) is 30.7 Å². The Morgan fingerprint density at radius 1 is 0.918 bits per heavy atom. The number of hydrogen-bond acceptors (Lipinski definition) is 11. The van der Waals surface area contributed by atoms with E-state index >= 15 is 0 Å². The SMILES string of the molecule is COc1ccc(C(=O)N2CCC(CCCC(=O)N3CCCC3C(=O)NCCCCC/C=C/c3cnc(N)c4c(-c5ccc(C(=O)Nc6cc(C(F)(F)F)ccn6)cc5)[nH]nc34)CC2)cc1N1CCC(=O)NC1=O. The second-order valence-electron chi connectivity index (χ2n) is 18.4. The first-order valence-electron chi connectivity index (χ1n) is 24.6. The van der Waals surface area contributed by atoms with Crippen LogP contribution in [0.5, 0.6) is 5.75 Å². The molecule has 1 atom stereocenters. The number of unbranched alkanes of at least 4 members (excludes halogenated alkanes) is 3. The number of imide groups is 1. The number of fused-ring (bicyclic) bond motifs is 1. The highest BCUT2D eigenvalue weighted by Gasteiger charge is 2.35. The van der Waals surface area contributed by atoms with Crippen LogP contribution in [-0.2, 0) is 20.6 Å². The summed E-state index contributed by atoms with van der Waals surface area (Å²) >= 11 is 0. The fraction of sp³-hybridized carbons (Fsp3) is 0.404. The second kappa shape index (κ2) is 23.1. The van der Waals surface area contributed by atoms with E-state index in [9.17, 15) is 41.9 Å². The molecule has 6 heterocycles. The summed E-state index contributed by atoms with van der Waals surface area (Å²) in [4.78, 5) is 90.3. The highest BCUT2D eigenvalue weighted by atomic mass is 19.4. The summed E-state index contributed by atoms with van der Waals surface area (Å²) in [5, 5.41) is 15.9. The number of aromatic nitrogens is 4. The smallest absolute Gasteiger partial charge is 0.416 e. The van der Waals surface area contributed by atoms with Crippen molar-refractivity contribution in [2.45, 2.75) is 89.3 Å². The molecule has 2 aromatic carbocycles. The van der Waals surface area contributed by atoms with Gasteiger partial charge in [0.1, 0.15) is 28.9 Å². The number of ether oxygens (including phenoxy) is 1. The molecule has 0 radical (unpaired) electrons. The van der Waals surface area contributed by atoms with Gasteiger partial charge in [-0.15, -0.1) is 0 Å². The van der Waals surface area contributed by atoms with Crippen LogP contribution in [0.1, 0.15) is 109 Å². The Labute approximate surface area is 419 Å². The maximum Gasteiger partial charge on any atom is 0.416 e. The first kappa shape index (κ1) is 51.5. The molecule has 73 heavy (non-hydrogen) atoms. The number of hydrogen-bond donors (Lipinski definition) is 5. The highest BCUT2D eigenvalue weighted by molar-refractivity contribution is 6.08. The van der Waals surface area contributed by atoms with Crippen molar-refractivity contribution < 1.29 is 46.7 Å².